The summed E-state index contributed by atoms with van der Waals surface area (Å²) in [6.45, 7) is 1.84. The molecule has 0 bridgehead atoms. The molecule has 0 aliphatic heterocycles. The van der Waals surface area contributed by atoms with Gasteiger partial charge in [-0.1, -0.05) is 54.6 Å². The fraction of sp³-hybridized carbons (Fsp3) is 0.200. The topological polar surface area (TPSA) is 107 Å². The first-order valence-corrected chi connectivity index (χ1v) is 12.6. The number of benzene rings is 2. The second-order valence-corrected chi connectivity index (χ2v) is 10.7. The van der Waals surface area contributed by atoms with Gasteiger partial charge in [0.15, 0.2) is 11.5 Å². The van der Waals surface area contributed by atoms with Crippen molar-refractivity contribution >= 4 is 16.6 Å². The number of nitrogens with zero attached hydrogens (tertiary/aromatic N) is 6. The number of fused-ring (bicyclic) bond motifs is 3. The van der Waals surface area contributed by atoms with Crippen LogP contribution in [0.3, 0.4) is 0 Å². The molecule has 7 rings (SSSR count). The van der Waals surface area contributed by atoms with Crippen LogP contribution in [0.25, 0.3) is 50.5 Å². The molecule has 1 fully saturated rings. The van der Waals surface area contributed by atoms with Gasteiger partial charge in [0, 0.05) is 41.5 Å². The van der Waals surface area contributed by atoms with Crippen molar-refractivity contribution in [2.75, 3.05) is 0 Å². The smallest absolute Gasteiger partial charge is 0.188 e. The summed E-state index contributed by atoms with van der Waals surface area (Å²) in [6.07, 6.45) is 6.74. The molecule has 0 radical (unpaired) electrons. The van der Waals surface area contributed by atoms with Crippen molar-refractivity contribution in [1.29, 1.82) is 0 Å². The summed E-state index contributed by atoms with van der Waals surface area (Å²) >= 11 is 0. The first-order valence-electron chi connectivity index (χ1n) is 12.6. The van der Waals surface area contributed by atoms with Crippen LogP contribution in [0.5, 0.6) is 0 Å². The molecule has 4 heterocycles. The zero-order valence-corrected chi connectivity index (χ0v) is 21.2. The summed E-state index contributed by atoms with van der Waals surface area (Å²) in [7, 11) is 1.93. The van der Waals surface area contributed by atoms with E-state index in [4.69, 9.17) is 10.7 Å². The monoisotopic (exact) mass is 501 g/mol. The summed E-state index contributed by atoms with van der Waals surface area (Å²) in [5.41, 5.74) is 12.7. The molecule has 8 nitrogen and oxygen atoms in total. The predicted molar refractivity (Wildman–Crippen MR) is 147 cm³/mol. The Kier molecular flexibility index (Phi) is 4.82. The first kappa shape index (κ1) is 22.8. The zero-order valence-electron chi connectivity index (χ0n) is 21.2. The second kappa shape index (κ2) is 8.05. The molecule has 6 aromatic rings. The van der Waals surface area contributed by atoms with E-state index in [1.165, 1.54) is 0 Å². The molecule has 0 spiro atoms. The molecule has 8 heteroatoms. The van der Waals surface area contributed by atoms with Gasteiger partial charge >= 0.3 is 0 Å². The van der Waals surface area contributed by atoms with Crippen LogP contribution in [-0.2, 0) is 12.6 Å². The number of aryl methyl sites for hydroxylation is 1. The predicted octanol–water partition coefficient (Wildman–Crippen LogP) is 4.71. The molecule has 0 amide bonds. The molecule has 1 saturated carbocycles. The highest BCUT2D eigenvalue weighted by Crippen LogP contribution is 2.46. The molecule has 0 atom stereocenters. The third-order valence-electron chi connectivity index (χ3n) is 7.51. The fourth-order valence-electron chi connectivity index (χ4n) is 5.83. The van der Waals surface area contributed by atoms with Gasteiger partial charge in [-0.05, 0) is 43.0 Å². The summed E-state index contributed by atoms with van der Waals surface area (Å²) in [5.74, 6) is 0.689. The maximum absolute atomic E-state index is 10.2. The van der Waals surface area contributed by atoms with Crippen LogP contribution >= 0.6 is 0 Å². The van der Waals surface area contributed by atoms with Gasteiger partial charge in [-0.2, -0.15) is 0 Å². The van der Waals surface area contributed by atoms with E-state index in [1.54, 1.807) is 6.33 Å². The lowest BCUT2D eigenvalue weighted by molar-refractivity contribution is -0.0738. The van der Waals surface area contributed by atoms with Gasteiger partial charge in [-0.15, -0.1) is 10.2 Å². The van der Waals surface area contributed by atoms with E-state index in [0.29, 0.717) is 18.7 Å². The Morgan fingerprint density at radius 2 is 1.71 bits per heavy atom. The average Bonchev–Trinajstić information content (AvgIpc) is 3.53. The molecule has 4 aromatic heterocycles. The van der Waals surface area contributed by atoms with E-state index < -0.39 is 11.1 Å². The molecular weight excluding hydrogens is 474 g/mol. The normalized spacial score (nSPS) is 21.2. The Bertz CT molecular complexity index is 1810. The van der Waals surface area contributed by atoms with Crippen molar-refractivity contribution in [2.45, 2.75) is 30.9 Å². The lowest BCUT2D eigenvalue weighted by Crippen LogP contribution is -2.58. The van der Waals surface area contributed by atoms with E-state index in [2.05, 4.69) is 57.6 Å². The molecule has 188 valence electrons. The molecule has 0 unspecified atom stereocenters. The second-order valence-electron chi connectivity index (χ2n) is 10.7. The Labute approximate surface area is 219 Å². The summed E-state index contributed by atoms with van der Waals surface area (Å²) in [5, 5.41) is 20.1. The van der Waals surface area contributed by atoms with Crippen LogP contribution in [0.2, 0.25) is 0 Å². The summed E-state index contributed by atoms with van der Waals surface area (Å²) < 4.78 is 3.85. The highest BCUT2D eigenvalue weighted by atomic mass is 16.3. The maximum Gasteiger partial charge on any atom is 0.188 e. The third kappa shape index (κ3) is 3.60. The summed E-state index contributed by atoms with van der Waals surface area (Å²) in [4.78, 5) is 9.59. The number of rotatable bonds is 4. The van der Waals surface area contributed by atoms with E-state index in [0.717, 1.165) is 50.2 Å². The van der Waals surface area contributed by atoms with Gasteiger partial charge in [0.1, 0.15) is 5.69 Å². The Hall–Kier alpha value is -4.40. The van der Waals surface area contributed by atoms with E-state index in [9.17, 15) is 5.11 Å². The number of pyridine rings is 2. The highest BCUT2D eigenvalue weighted by molar-refractivity contribution is 5.98. The zero-order chi connectivity index (χ0) is 26.1. The van der Waals surface area contributed by atoms with Crippen LogP contribution in [0, 0.1) is 0 Å². The van der Waals surface area contributed by atoms with Gasteiger partial charge < -0.3 is 15.4 Å². The van der Waals surface area contributed by atoms with Crippen molar-refractivity contribution in [1.82, 2.24) is 29.1 Å². The number of aliphatic hydroxyl groups is 1. The summed E-state index contributed by atoms with van der Waals surface area (Å²) in [6, 6.07) is 22.7. The largest absolute Gasteiger partial charge is 0.390 e. The molecule has 38 heavy (non-hydrogen) atoms. The van der Waals surface area contributed by atoms with Crippen molar-refractivity contribution < 1.29 is 5.11 Å². The van der Waals surface area contributed by atoms with Crippen LogP contribution in [0.4, 0.5) is 0 Å². The van der Waals surface area contributed by atoms with E-state index in [-0.39, 0.29) is 0 Å². The van der Waals surface area contributed by atoms with Gasteiger partial charge in [0.2, 0.25) is 0 Å². The maximum atomic E-state index is 10.2. The Morgan fingerprint density at radius 3 is 2.39 bits per heavy atom. The number of nitrogens with two attached hydrogens (primary N) is 1. The third-order valence-corrected chi connectivity index (χ3v) is 7.51. The molecule has 1 aliphatic carbocycles. The van der Waals surface area contributed by atoms with Crippen LogP contribution in [-0.4, -0.2) is 39.8 Å². The van der Waals surface area contributed by atoms with Crippen LogP contribution in [0.15, 0.2) is 85.5 Å². The minimum Gasteiger partial charge on any atom is -0.390 e. The highest BCUT2D eigenvalue weighted by Gasteiger charge is 2.49. The minimum atomic E-state index is -0.697. The SMILES string of the molecule is Cn1cnc(-c2nnc3c4cc(-c5ccccc5)c(-c5ccc([C@]6(N)C[C@@](C)(O)C6)cc5)nc4ccn23)c1. The first-order chi connectivity index (χ1) is 18.3. The quantitative estimate of drug-likeness (QED) is 0.362. The standard InChI is InChI=1S/C30H27N7O/c1-29(38)16-30(31,17-29)21-10-8-20(9-11-21)26-22(19-6-4-3-5-7-19)14-23-24(33-26)12-13-37-27(23)34-35-28(37)25-15-36(2)18-32-25/h3-15,18,38H,16-17,31H2,1-2H3/t29-,30+. The van der Waals surface area contributed by atoms with Crippen molar-refractivity contribution in [2.24, 2.45) is 12.8 Å². The Morgan fingerprint density at radius 1 is 0.947 bits per heavy atom. The number of imidazole rings is 1. The fourth-order valence-corrected chi connectivity index (χ4v) is 5.83. The van der Waals surface area contributed by atoms with Crippen molar-refractivity contribution in [3.05, 3.63) is 91.0 Å². The molecule has 0 saturated heterocycles. The number of hydrogen-bond acceptors (Lipinski definition) is 6. The number of aromatic nitrogens is 6. The lowest BCUT2D eigenvalue weighted by Gasteiger charge is -2.49. The molecule has 3 N–H and O–H groups in total. The van der Waals surface area contributed by atoms with Crippen LogP contribution in [0.1, 0.15) is 25.3 Å². The van der Waals surface area contributed by atoms with E-state index >= 15 is 0 Å². The van der Waals surface area contributed by atoms with E-state index in [1.807, 2.05) is 59.6 Å². The molecule has 2 aromatic carbocycles. The molecule has 1 aliphatic rings. The van der Waals surface area contributed by atoms with Gasteiger partial charge in [-0.3, -0.25) is 4.40 Å². The van der Waals surface area contributed by atoms with Gasteiger partial charge in [-0.25, -0.2) is 9.97 Å². The Balaban J connectivity index is 1.38. The van der Waals surface area contributed by atoms with Gasteiger partial charge in [0.25, 0.3) is 0 Å². The number of hydrogen-bond donors (Lipinski definition) is 2. The average molecular weight is 502 g/mol. The molecular formula is C30H27N7O. The van der Waals surface area contributed by atoms with Crippen molar-refractivity contribution in [3.8, 4) is 33.9 Å². The minimum absolute atomic E-state index is 0.494. The van der Waals surface area contributed by atoms with Crippen molar-refractivity contribution in [3.63, 3.8) is 0 Å². The van der Waals surface area contributed by atoms with Crippen LogP contribution < -0.4 is 5.73 Å². The lowest BCUT2D eigenvalue weighted by atomic mass is 9.63. The van der Waals surface area contributed by atoms with Gasteiger partial charge in [0.05, 0.1) is 23.1 Å².